The summed E-state index contributed by atoms with van der Waals surface area (Å²) in [6, 6.07) is 14.3. The summed E-state index contributed by atoms with van der Waals surface area (Å²) < 4.78 is 20.6. The van der Waals surface area contributed by atoms with Crippen LogP contribution in [0.4, 0.5) is 4.39 Å². The number of piperazine rings is 1. The van der Waals surface area contributed by atoms with Crippen molar-refractivity contribution < 1.29 is 13.9 Å². The van der Waals surface area contributed by atoms with Crippen LogP contribution in [0.1, 0.15) is 15.9 Å². The third kappa shape index (κ3) is 4.30. The van der Waals surface area contributed by atoms with E-state index in [2.05, 4.69) is 10.00 Å². The van der Waals surface area contributed by atoms with Gasteiger partial charge in [0.2, 0.25) is 0 Å². The number of rotatable bonds is 5. The van der Waals surface area contributed by atoms with Crippen molar-refractivity contribution in [2.45, 2.75) is 6.54 Å². The van der Waals surface area contributed by atoms with Gasteiger partial charge in [-0.3, -0.25) is 9.69 Å². The minimum atomic E-state index is -0.273. The topological polar surface area (TPSA) is 50.6 Å². The second-order valence-electron chi connectivity index (χ2n) is 7.03. The lowest BCUT2D eigenvalue weighted by Gasteiger charge is -2.34. The van der Waals surface area contributed by atoms with E-state index >= 15 is 0 Å². The first-order valence-corrected chi connectivity index (χ1v) is 9.58. The molecule has 1 aliphatic heterocycles. The van der Waals surface area contributed by atoms with Crippen LogP contribution in [-0.2, 0) is 6.54 Å². The van der Waals surface area contributed by atoms with Gasteiger partial charge in [-0.2, -0.15) is 5.10 Å². The summed E-state index contributed by atoms with van der Waals surface area (Å²) >= 11 is 0. The maximum Gasteiger partial charge on any atom is 0.257 e. The molecule has 0 saturated carbocycles. The average Bonchev–Trinajstić information content (AvgIpc) is 3.25. The van der Waals surface area contributed by atoms with Crippen LogP contribution in [0.2, 0.25) is 0 Å². The molecule has 1 amide bonds. The summed E-state index contributed by atoms with van der Waals surface area (Å²) in [5, 5.41) is 4.31. The summed E-state index contributed by atoms with van der Waals surface area (Å²) in [5.74, 6) is 0.387. The van der Waals surface area contributed by atoms with Crippen LogP contribution in [0.15, 0.2) is 60.9 Å². The van der Waals surface area contributed by atoms with Gasteiger partial charge in [0.15, 0.2) is 0 Å². The Morgan fingerprint density at radius 3 is 2.59 bits per heavy atom. The van der Waals surface area contributed by atoms with Gasteiger partial charge in [0.05, 0.1) is 24.6 Å². The minimum Gasteiger partial charge on any atom is -0.496 e. The number of halogens is 1. The largest absolute Gasteiger partial charge is 0.496 e. The Bertz CT molecular complexity index is 981. The zero-order valence-electron chi connectivity index (χ0n) is 16.3. The number of ether oxygens (including phenoxy) is 1. The summed E-state index contributed by atoms with van der Waals surface area (Å²) in [7, 11) is 1.59. The van der Waals surface area contributed by atoms with E-state index < -0.39 is 0 Å². The molecular weight excluding hydrogens is 371 g/mol. The summed E-state index contributed by atoms with van der Waals surface area (Å²) in [6.45, 7) is 3.27. The fourth-order valence-electron chi connectivity index (χ4n) is 3.56. The van der Waals surface area contributed by atoms with Gasteiger partial charge in [0.25, 0.3) is 5.91 Å². The van der Waals surface area contributed by atoms with Crippen molar-refractivity contribution in [3.8, 4) is 11.4 Å². The molecule has 2 aromatic carbocycles. The number of para-hydroxylation sites is 1. The molecule has 0 spiro atoms. The Kier molecular flexibility index (Phi) is 5.57. The molecule has 150 valence electrons. The lowest BCUT2D eigenvalue weighted by Crippen LogP contribution is -2.48. The van der Waals surface area contributed by atoms with Crippen molar-refractivity contribution in [2.24, 2.45) is 0 Å². The van der Waals surface area contributed by atoms with E-state index in [1.807, 2.05) is 35.2 Å². The normalized spacial score (nSPS) is 14.8. The number of methoxy groups -OCH3 is 1. The monoisotopic (exact) mass is 394 g/mol. The van der Waals surface area contributed by atoms with E-state index in [-0.39, 0.29) is 11.7 Å². The first-order chi connectivity index (χ1) is 14.1. The Morgan fingerprint density at radius 1 is 1.10 bits per heavy atom. The predicted molar refractivity (Wildman–Crippen MR) is 108 cm³/mol. The van der Waals surface area contributed by atoms with Gasteiger partial charge in [0.1, 0.15) is 11.6 Å². The molecule has 0 bridgehead atoms. The van der Waals surface area contributed by atoms with E-state index in [1.165, 1.54) is 12.1 Å². The van der Waals surface area contributed by atoms with Gasteiger partial charge in [-0.15, -0.1) is 0 Å². The number of carbonyl (C=O) groups is 1. The van der Waals surface area contributed by atoms with E-state index in [4.69, 9.17) is 4.74 Å². The molecule has 1 fully saturated rings. The first-order valence-electron chi connectivity index (χ1n) is 9.58. The molecule has 4 rings (SSSR count). The van der Waals surface area contributed by atoms with Crippen molar-refractivity contribution in [1.29, 1.82) is 0 Å². The van der Waals surface area contributed by atoms with Gasteiger partial charge in [-0.25, -0.2) is 9.07 Å². The molecule has 6 nitrogen and oxygen atoms in total. The van der Waals surface area contributed by atoms with Gasteiger partial charge in [0, 0.05) is 44.5 Å². The van der Waals surface area contributed by atoms with Crippen LogP contribution in [0.3, 0.4) is 0 Å². The van der Waals surface area contributed by atoms with E-state index in [9.17, 15) is 9.18 Å². The molecule has 0 radical (unpaired) electrons. The van der Waals surface area contributed by atoms with E-state index in [0.717, 1.165) is 24.3 Å². The molecule has 1 saturated heterocycles. The fourth-order valence-corrected chi connectivity index (χ4v) is 3.56. The SMILES string of the molecule is COc1ccc(F)cc1CN1CCN(C(=O)c2cnn(-c3ccccc3)c2)CC1. The molecule has 0 unspecified atom stereocenters. The third-order valence-corrected chi connectivity index (χ3v) is 5.15. The standard InChI is InChI=1S/C22H23FN4O2/c1-29-21-8-7-19(23)13-17(21)15-25-9-11-26(12-10-25)22(28)18-14-24-27(16-18)20-5-3-2-4-6-20/h2-8,13-14,16H,9-12,15H2,1H3. The third-order valence-electron chi connectivity index (χ3n) is 5.15. The Hall–Kier alpha value is -3.19. The van der Waals surface area contributed by atoms with Crippen molar-refractivity contribution in [1.82, 2.24) is 19.6 Å². The lowest BCUT2D eigenvalue weighted by molar-refractivity contribution is 0.0627. The molecular formula is C22H23FN4O2. The van der Waals surface area contributed by atoms with Gasteiger partial charge < -0.3 is 9.64 Å². The second kappa shape index (κ2) is 8.45. The fraction of sp³-hybridized carbons (Fsp3) is 0.273. The molecule has 1 aromatic heterocycles. The van der Waals surface area contributed by atoms with Gasteiger partial charge in [-0.05, 0) is 30.3 Å². The molecule has 0 atom stereocenters. The van der Waals surface area contributed by atoms with Crippen molar-refractivity contribution in [3.63, 3.8) is 0 Å². The quantitative estimate of drug-likeness (QED) is 0.668. The number of nitrogens with zero attached hydrogens (tertiary/aromatic N) is 4. The molecule has 2 heterocycles. The zero-order chi connectivity index (χ0) is 20.2. The summed E-state index contributed by atoms with van der Waals surface area (Å²) in [6.07, 6.45) is 3.38. The van der Waals surface area contributed by atoms with Crippen molar-refractivity contribution in [2.75, 3.05) is 33.3 Å². The Morgan fingerprint density at radius 2 is 1.86 bits per heavy atom. The smallest absolute Gasteiger partial charge is 0.257 e. The van der Waals surface area contributed by atoms with Crippen LogP contribution in [-0.4, -0.2) is 58.8 Å². The summed E-state index contributed by atoms with van der Waals surface area (Å²) in [5.41, 5.74) is 2.31. The minimum absolute atomic E-state index is 0.0184. The average molecular weight is 394 g/mol. The first kappa shape index (κ1) is 19.1. The number of amides is 1. The van der Waals surface area contributed by atoms with E-state index in [1.54, 1.807) is 30.3 Å². The molecule has 1 aliphatic rings. The number of benzene rings is 2. The molecule has 0 N–H and O–H groups in total. The van der Waals surface area contributed by atoms with Gasteiger partial charge >= 0.3 is 0 Å². The highest BCUT2D eigenvalue weighted by Crippen LogP contribution is 2.22. The highest BCUT2D eigenvalue weighted by molar-refractivity contribution is 5.93. The van der Waals surface area contributed by atoms with Crippen LogP contribution in [0.25, 0.3) is 5.69 Å². The van der Waals surface area contributed by atoms with Crippen LogP contribution in [0, 0.1) is 5.82 Å². The second-order valence-corrected chi connectivity index (χ2v) is 7.03. The van der Waals surface area contributed by atoms with Crippen LogP contribution < -0.4 is 4.74 Å². The lowest BCUT2D eigenvalue weighted by atomic mass is 10.1. The maximum atomic E-state index is 13.6. The van der Waals surface area contributed by atoms with Gasteiger partial charge in [-0.1, -0.05) is 18.2 Å². The highest BCUT2D eigenvalue weighted by atomic mass is 19.1. The molecule has 0 aliphatic carbocycles. The number of carbonyl (C=O) groups excluding carboxylic acids is 1. The van der Waals surface area contributed by atoms with Crippen LogP contribution >= 0.6 is 0 Å². The summed E-state index contributed by atoms with van der Waals surface area (Å²) in [4.78, 5) is 16.9. The zero-order valence-corrected chi connectivity index (χ0v) is 16.3. The number of hydrogen-bond donors (Lipinski definition) is 0. The number of hydrogen-bond acceptors (Lipinski definition) is 4. The van der Waals surface area contributed by atoms with Crippen molar-refractivity contribution in [3.05, 3.63) is 77.9 Å². The Labute approximate surface area is 169 Å². The van der Waals surface area contributed by atoms with E-state index in [0.29, 0.717) is 30.9 Å². The highest BCUT2D eigenvalue weighted by Gasteiger charge is 2.24. The molecule has 3 aromatic rings. The van der Waals surface area contributed by atoms with Crippen molar-refractivity contribution >= 4 is 5.91 Å². The van der Waals surface area contributed by atoms with Crippen LogP contribution in [0.5, 0.6) is 5.75 Å². The predicted octanol–water partition coefficient (Wildman–Crippen LogP) is 2.98. The maximum absolute atomic E-state index is 13.6. The molecule has 29 heavy (non-hydrogen) atoms. The molecule has 7 heteroatoms. The number of aromatic nitrogens is 2. The Balaban J connectivity index is 1.37.